The second-order valence-corrected chi connectivity index (χ2v) is 13.8. The summed E-state index contributed by atoms with van der Waals surface area (Å²) in [7, 11) is 0. The molecule has 0 amide bonds. The summed E-state index contributed by atoms with van der Waals surface area (Å²) in [6, 6.07) is 0. The van der Waals surface area contributed by atoms with Crippen molar-refractivity contribution in [1.82, 2.24) is 0 Å². The van der Waals surface area contributed by atoms with Crippen molar-refractivity contribution < 1.29 is 44.6 Å². The predicted molar refractivity (Wildman–Crippen MR) is 208 cm³/mol. The maximum Gasteiger partial charge on any atom is 0.335 e. The van der Waals surface area contributed by atoms with Crippen LogP contribution in [0.3, 0.4) is 0 Å². The molecule has 0 fully saturated rings. The minimum Gasteiger partial charge on any atom is -0.463 e. The molecule has 0 saturated carbocycles. The third-order valence-corrected chi connectivity index (χ3v) is 8.77. The van der Waals surface area contributed by atoms with E-state index in [1.807, 2.05) is 0 Å². The molecule has 0 aromatic carbocycles. The molecule has 2 unspecified atom stereocenters. The number of unbranched alkanes of at least 4 members (excludes halogenated alkanes) is 21. The van der Waals surface area contributed by atoms with Gasteiger partial charge in [0.05, 0.1) is 19.8 Å². The molecule has 0 aromatic rings. The largest absolute Gasteiger partial charge is 0.463 e. The Morgan fingerprint density at radius 1 is 0.549 bits per heavy atom. The Labute approximate surface area is 312 Å². The lowest BCUT2D eigenvalue weighted by molar-refractivity contribution is -0.163. The second kappa shape index (κ2) is 42.6. The van der Waals surface area contributed by atoms with Gasteiger partial charge in [0.15, 0.2) is 6.10 Å². The quantitative estimate of drug-likeness (QED) is 0.0242. The van der Waals surface area contributed by atoms with E-state index < -0.39 is 37.5 Å². The van der Waals surface area contributed by atoms with Gasteiger partial charge >= 0.3 is 11.9 Å². The Balaban J connectivity index is 0. The smallest absolute Gasteiger partial charge is 0.335 e. The fraction of sp³-hybridized carbons (Fsp3) is 0.857. The van der Waals surface area contributed by atoms with Crippen LogP contribution < -0.4 is 0 Å². The van der Waals surface area contributed by atoms with Gasteiger partial charge in [0, 0.05) is 6.42 Å². The van der Waals surface area contributed by atoms with Crippen molar-refractivity contribution in [2.45, 2.75) is 206 Å². The Hall–Kier alpha value is -1.78. The number of allylic oxidation sites excluding steroid dienone is 4. The van der Waals surface area contributed by atoms with Crippen LogP contribution in [0, 0.1) is 0 Å². The summed E-state index contributed by atoms with van der Waals surface area (Å²) in [5.41, 5.74) is 0. The topological polar surface area (TPSA) is 154 Å². The molecule has 9 heteroatoms. The lowest BCUT2D eigenvalue weighted by Gasteiger charge is -2.15. The van der Waals surface area contributed by atoms with Crippen LogP contribution in [-0.4, -0.2) is 82.2 Å². The standard InChI is InChI=1S/C21H42O5.C21H38O4/c1-2-3-4-5-6-7-8-9-10-11-12-13-14-15-16-20(24)21(25)26-19(17-22)18-23;1-2-3-4-5-6-7-8-9-10-11-12-13-14-15-16-17-21(24)25-19-20(23)18-22/h19-20,22-24H,2-18H2,1H3;6-7,9-10,20,22-23H,2-5,8,11-19H2,1H3/b;7-6-,10-9-. The Morgan fingerprint density at radius 3 is 1.47 bits per heavy atom. The van der Waals surface area contributed by atoms with Crippen molar-refractivity contribution in [3.05, 3.63) is 24.3 Å². The zero-order chi connectivity index (χ0) is 38.0. The van der Waals surface area contributed by atoms with Crippen LogP contribution in [0.1, 0.15) is 187 Å². The summed E-state index contributed by atoms with van der Waals surface area (Å²) < 4.78 is 9.64. The average molecular weight is 729 g/mol. The zero-order valence-corrected chi connectivity index (χ0v) is 32.8. The normalized spacial score (nSPS) is 12.7. The Morgan fingerprint density at radius 2 is 0.980 bits per heavy atom. The monoisotopic (exact) mass is 729 g/mol. The SMILES string of the molecule is CCCCC/C=C\C/C=C\CCCCCCCC(=O)OCC(O)CO.CCCCCCCCCCCCCCCCC(O)C(=O)OC(CO)CO. The summed E-state index contributed by atoms with van der Waals surface area (Å²) in [5, 5.41) is 45.1. The summed E-state index contributed by atoms with van der Waals surface area (Å²) in [6.45, 7) is 3.12. The van der Waals surface area contributed by atoms with Crippen molar-refractivity contribution in [2.24, 2.45) is 0 Å². The van der Waals surface area contributed by atoms with Crippen molar-refractivity contribution in [3.63, 3.8) is 0 Å². The molecule has 5 N–H and O–H groups in total. The molecule has 0 aromatic heterocycles. The molecule has 0 aliphatic heterocycles. The molecule has 302 valence electrons. The summed E-state index contributed by atoms with van der Waals surface area (Å²) in [6.07, 6.45) is 37.1. The highest BCUT2D eigenvalue weighted by Gasteiger charge is 2.20. The van der Waals surface area contributed by atoms with E-state index in [1.165, 1.54) is 109 Å². The highest BCUT2D eigenvalue weighted by atomic mass is 16.6. The van der Waals surface area contributed by atoms with Gasteiger partial charge in [0.25, 0.3) is 0 Å². The van der Waals surface area contributed by atoms with Gasteiger partial charge in [-0.15, -0.1) is 0 Å². The number of carbonyl (C=O) groups excluding carboxylic acids is 2. The fourth-order valence-electron chi connectivity index (χ4n) is 5.42. The van der Waals surface area contributed by atoms with Gasteiger partial charge in [-0.05, 0) is 44.9 Å². The van der Waals surface area contributed by atoms with Crippen LogP contribution in [0.15, 0.2) is 24.3 Å². The predicted octanol–water partition coefficient (Wildman–Crippen LogP) is 8.81. The lowest BCUT2D eigenvalue weighted by Crippen LogP contribution is -2.32. The van der Waals surface area contributed by atoms with Crippen LogP contribution in [0.25, 0.3) is 0 Å². The number of hydrogen-bond acceptors (Lipinski definition) is 9. The van der Waals surface area contributed by atoms with E-state index in [0.29, 0.717) is 12.8 Å². The second-order valence-electron chi connectivity index (χ2n) is 13.8. The Bertz CT molecular complexity index is 782. The molecule has 0 rings (SSSR count). The first-order chi connectivity index (χ1) is 24.9. The minimum absolute atomic E-state index is 0.115. The highest BCUT2D eigenvalue weighted by Crippen LogP contribution is 2.14. The molecular weight excluding hydrogens is 648 g/mol. The van der Waals surface area contributed by atoms with Crippen LogP contribution in [0.5, 0.6) is 0 Å². The molecule has 2 atom stereocenters. The first-order valence-corrected chi connectivity index (χ1v) is 20.7. The first kappa shape index (κ1) is 51.3. The van der Waals surface area contributed by atoms with Gasteiger partial charge in [0.1, 0.15) is 18.8 Å². The van der Waals surface area contributed by atoms with Gasteiger partial charge in [-0.25, -0.2) is 4.79 Å². The molecular formula is C42H80O9. The number of ether oxygens (including phenoxy) is 2. The van der Waals surface area contributed by atoms with Gasteiger partial charge in [-0.3, -0.25) is 4.79 Å². The van der Waals surface area contributed by atoms with E-state index in [2.05, 4.69) is 38.2 Å². The van der Waals surface area contributed by atoms with E-state index in [4.69, 9.17) is 29.9 Å². The number of aliphatic hydroxyl groups is 5. The maximum atomic E-state index is 11.5. The van der Waals surface area contributed by atoms with E-state index in [-0.39, 0.29) is 19.2 Å². The summed E-state index contributed by atoms with van der Waals surface area (Å²) >= 11 is 0. The summed E-state index contributed by atoms with van der Waals surface area (Å²) in [5.74, 6) is -1.05. The number of aliphatic hydroxyl groups excluding tert-OH is 5. The van der Waals surface area contributed by atoms with Crippen LogP contribution in [-0.2, 0) is 19.1 Å². The third kappa shape index (κ3) is 40.8. The maximum absolute atomic E-state index is 11.5. The van der Waals surface area contributed by atoms with E-state index in [9.17, 15) is 14.7 Å². The van der Waals surface area contributed by atoms with Gasteiger partial charge in [0.2, 0.25) is 0 Å². The van der Waals surface area contributed by atoms with Crippen molar-refractivity contribution in [3.8, 4) is 0 Å². The number of esters is 2. The average Bonchev–Trinajstić information content (AvgIpc) is 3.14. The van der Waals surface area contributed by atoms with Gasteiger partial charge in [-0.2, -0.15) is 0 Å². The molecule has 0 radical (unpaired) electrons. The van der Waals surface area contributed by atoms with Crippen molar-refractivity contribution in [1.29, 1.82) is 0 Å². The van der Waals surface area contributed by atoms with Crippen LogP contribution in [0.4, 0.5) is 0 Å². The van der Waals surface area contributed by atoms with Crippen LogP contribution in [0.2, 0.25) is 0 Å². The molecule has 0 spiro atoms. The first-order valence-electron chi connectivity index (χ1n) is 20.7. The lowest BCUT2D eigenvalue weighted by atomic mass is 10.0. The van der Waals surface area contributed by atoms with Gasteiger partial charge in [-0.1, -0.05) is 160 Å². The van der Waals surface area contributed by atoms with E-state index in [1.54, 1.807) is 0 Å². The number of rotatable bonds is 36. The Kier molecular flexibility index (Phi) is 42.9. The molecule has 9 nitrogen and oxygen atoms in total. The molecule has 0 aliphatic carbocycles. The molecule has 0 aliphatic rings. The molecule has 0 saturated heterocycles. The highest BCUT2D eigenvalue weighted by molar-refractivity contribution is 5.74. The number of hydrogen-bond donors (Lipinski definition) is 5. The minimum atomic E-state index is -1.16. The van der Waals surface area contributed by atoms with Gasteiger partial charge < -0.3 is 35.0 Å². The van der Waals surface area contributed by atoms with E-state index >= 15 is 0 Å². The zero-order valence-electron chi connectivity index (χ0n) is 32.8. The summed E-state index contributed by atoms with van der Waals surface area (Å²) in [4.78, 5) is 22.9. The third-order valence-electron chi connectivity index (χ3n) is 8.77. The van der Waals surface area contributed by atoms with Crippen molar-refractivity contribution in [2.75, 3.05) is 26.4 Å². The molecule has 0 bridgehead atoms. The fourth-order valence-corrected chi connectivity index (χ4v) is 5.42. The molecule has 0 heterocycles. The molecule has 51 heavy (non-hydrogen) atoms. The van der Waals surface area contributed by atoms with E-state index in [0.717, 1.165) is 51.4 Å². The number of carbonyl (C=O) groups is 2. The van der Waals surface area contributed by atoms with Crippen molar-refractivity contribution >= 4 is 11.9 Å². The van der Waals surface area contributed by atoms with Crippen LogP contribution >= 0.6 is 0 Å².